The van der Waals surface area contributed by atoms with E-state index in [0.29, 0.717) is 22.7 Å². The SMILES string of the molecule is COc1ccc(N)c(C(=N)c2cc(N3CCN(C4=CC4)CC3)ncn2)c1. The van der Waals surface area contributed by atoms with Gasteiger partial charge < -0.3 is 20.3 Å². The molecule has 0 unspecified atom stereocenters. The average molecular weight is 350 g/mol. The lowest BCUT2D eigenvalue weighted by Crippen LogP contribution is -2.45. The highest BCUT2D eigenvalue weighted by atomic mass is 16.5. The Labute approximate surface area is 152 Å². The van der Waals surface area contributed by atoms with Gasteiger partial charge >= 0.3 is 0 Å². The summed E-state index contributed by atoms with van der Waals surface area (Å²) in [5, 5.41) is 8.53. The van der Waals surface area contributed by atoms with Crippen LogP contribution in [-0.4, -0.2) is 53.9 Å². The molecule has 4 rings (SSSR count). The second-order valence-corrected chi connectivity index (χ2v) is 6.46. The number of rotatable bonds is 5. The summed E-state index contributed by atoms with van der Waals surface area (Å²) in [5.74, 6) is 1.52. The Hall–Kier alpha value is -3.09. The van der Waals surface area contributed by atoms with Crippen molar-refractivity contribution in [3.05, 3.63) is 53.6 Å². The maximum atomic E-state index is 8.53. The van der Waals surface area contributed by atoms with Gasteiger partial charge in [0.05, 0.1) is 18.5 Å². The van der Waals surface area contributed by atoms with Gasteiger partial charge in [-0.1, -0.05) is 6.08 Å². The average Bonchev–Trinajstić information content (AvgIpc) is 3.53. The van der Waals surface area contributed by atoms with Crippen LogP contribution in [0.3, 0.4) is 0 Å². The van der Waals surface area contributed by atoms with Crippen molar-refractivity contribution >= 4 is 17.2 Å². The number of nitrogens with one attached hydrogen (secondary N) is 1. The third kappa shape index (κ3) is 3.20. The topological polar surface area (TPSA) is 91.4 Å². The summed E-state index contributed by atoms with van der Waals surface area (Å²) in [6, 6.07) is 7.16. The molecule has 2 heterocycles. The molecular weight excluding hydrogens is 328 g/mol. The molecule has 134 valence electrons. The van der Waals surface area contributed by atoms with Gasteiger partial charge in [-0.3, -0.25) is 5.41 Å². The number of nitrogen functional groups attached to an aromatic ring is 1. The monoisotopic (exact) mass is 350 g/mol. The fourth-order valence-corrected chi connectivity index (χ4v) is 3.20. The molecule has 0 atom stereocenters. The highest BCUT2D eigenvalue weighted by molar-refractivity contribution is 6.13. The van der Waals surface area contributed by atoms with Crippen molar-refractivity contribution in [2.24, 2.45) is 0 Å². The minimum absolute atomic E-state index is 0.270. The zero-order valence-corrected chi connectivity index (χ0v) is 14.8. The molecule has 1 aromatic carbocycles. The Morgan fingerprint density at radius 2 is 1.85 bits per heavy atom. The molecule has 1 fully saturated rings. The predicted molar refractivity (Wildman–Crippen MR) is 102 cm³/mol. The first kappa shape index (κ1) is 16.4. The zero-order chi connectivity index (χ0) is 18.1. The fourth-order valence-electron chi connectivity index (χ4n) is 3.20. The van der Waals surface area contributed by atoms with Gasteiger partial charge in [-0.15, -0.1) is 0 Å². The van der Waals surface area contributed by atoms with Crippen LogP contribution in [0.15, 0.2) is 42.4 Å². The van der Waals surface area contributed by atoms with Crippen molar-refractivity contribution in [1.82, 2.24) is 14.9 Å². The van der Waals surface area contributed by atoms with E-state index in [1.807, 2.05) is 6.07 Å². The summed E-state index contributed by atoms with van der Waals surface area (Å²) >= 11 is 0. The molecule has 7 nitrogen and oxygen atoms in total. The summed E-state index contributed by atoms with van der Waals surface area (Å²) in [6.07, 6.45) is 4.92. The third-order valence-electron chi connectivity index (χ3n) is 4.84. The van der Waals surface area contributed by atoms with Crippen molar-refractivity contribution in [2.45, 2.75) is 6.42 Å². The lowest BCUT2D eigenvalue weighted by molar-refractivity contribution is 0.331. The van der Waals surface area contributed by atoms with E-state index in [-0.39, 0.29) is 5.71 Å². The Kier molecular flexibility index (Phi) is 4.20. The number of allylic oxidation sites excluding steroid dienone is 2. The molecule has 1 aliphatic carbocycles. The summed E-state index contributed by atoms with van der Waals surface area (Å²) in [7, 11) is 1.60. The number of piperazine rings is 1. The van der Waals surface area contributed by atoms with Gasteiger partial charge in [0.1, 0.15) is 17.9 Å². The summed E-state index contributed by atoms with van der Waals surface area (Å²) in [4.78, 5) is 13.4. The third-order valence-corrected chi connectivity index (χ3v) is 4.84. The highest BCUT2D eigenvalue weighted by Crippen LogP contribution is 2.26. The Bertz CT molecular complexity index is 870. The number of methoxy groups -OCH3 is 1. The van der Waals surface area contributed by atoms with Crippen LogP contribution in [0.2, 0.25) is 0 Å². The molecule has 2 aliphatic rings. The standard InChI is InChI=1S/C19H22N6O/c1-26-14-4-5-16(20)15(10-14)19(21)17-11-18(23-12-22-17)25-8-6-24(7-9-25)13-2-3-13/h2,4-5,10-12,21H,3,6-9,20H2,1H3. The molecule has 0 amide bonds. The van der Waals surface area contributed by atoms with Crippen LogP contribution in [0.1, 0.15) is 17.7 Å². The number of hydrogen-bond donors (Lipinski definition) is 2. The van der Waals surface area contributed by atoms with Gasteiger partial charge in [-0.25, -0.2) is 9.97 Å². The minimum atomic E-state index is 0.270. The van der Waals surface area contributed by atoms with Crippen LogP contribution in [0.4, 0.5) is 11.5 Å². The summed E-state index contributed by atoms with van der Waals surface area (Å²) < 4.78 is 5.25. The fraction of sp³-hybridized carbons (Fsp3) is 0.316. The molecule has 0 radical (unpaired) electrons. The van der Waals surface area contributed by atoms with E-state index in [2.05, 4.69) is 25.8 Å². The molecule has 1 saturated heterocycles. The predicted octanol–water partition coefficient (Wildman–Crippen LogP) is 1.89. The largest absolute Gasteiger partial charge is 0.497 e. The number of ether oxygens (including phenoxy) is 1. The molecule has 1 aliphatic heterocycles. The van der Waals surface area contributed by atoms with E-state index in [1.165, 1.54) is 12.0 Å². The minimum Gasteiger partial charge on any atom is -0.497 e. The first-order chi connectivity index (χ1) is 12.7. The van der Waals surface area contributed by atoms with Crippen LogP contribution in [0.25, 0.3) is 0 Å². The van der Waals surface area contributed by atoms with Crippen molar-refractivity contribution in [3.8, 4) is 5.75 Å². The smallest absolute Gasteiger partial charge is 0.132 e. The molecule has 2 aromatic rings. The van der Waals surface area contributed by atoms with Crippen molar-refractivity contribution in [3.63, 3.8) is 0 Å². The van der Waals surface area contributed by atoms with Crippen LogP contribution >= 0.6 is 0 Å². The van der Waals surface area contributed by atoms with Crippen LogP contribution < -0.4 is 15.4 Å². The molecule has 0 bridgehead atoms. The first-order valence-corrected chi connectivity index (χ1v) is 8.69. The van der Waals surface area contributed by atoms with Crippen molar-refractivity contribution < 1.29 is 4.74 Å². The molecule has 3 N–H and O–H groups in total. The van der Waals surface area contributed by atoms with E-state index < -0.39 is 0 Å². The normalized spacial score (nSPS) is 16.3. The van der Waals surface area contributed by atoms with Gasteiger partial charge in [-0.05, 0) is 18.2 Å². The molecule has 1 aromatic heterocycles. The summed E-state index contributed by atoms with van der Waals surface area (Å²) in [5.41, 5.74) is 9.48. The van der Waals surface area contributed by atoms with Gasteiger partial charge in [0, 0.05) is 55.6 Å². The number of nitrogens with two attached hydrogens (primary N) is 1. The molecule has 26 heavy (non-hydrogen) atoms. The summed E-state index contributed by atoms with van der Waals surface area (Å²) in [6.45, 7) is 3.85. The van der Waals surface area contributed by atoms with E-state index in [1.54, 1.807) is 25.3 Å². The lowest BCUT2D eigenvalue weighted by Gasteiger charge is -2.35. The maximum Gasteiger partial charge on any atom is 0.132 e. The molecule has 0 saturated carbocycles. The maximum absolute atomic E-state index is 8.53. The Morgan fingerprint density at radius 1 is 1.12 bits per heavy atom. The number of nitrogens with zero attached hydrogens (tertiary/aromatic N) is 4. The first-order valence-electron chi connectivity index (χ1n) is 8.69. The number of benzene rings is 1. The zero-order valence-electron chi connectivity index (χ0n) is 14.8. The second kappa shape index (κ2) is 6.67. The molecular formula is C19H22N6O. The Balaban J connectivity index is 1.54. The molecule has 7 heteroatoms. The number of hydrogen-bond acceptors (Lipinski definition) is 7. The number of aromatic nitrogens is 2. The second-order valence-electron chi connectivity index (χ2n) is 6.46. The highest BCUT2D eigenvalue weighted by Gasteiger charge is 2.23. The van der Waals surface area contributed by atoms with Crippen LogP contribution in [0.5, 0.6) is 5.75 Å². The van der Waals surface area contributed by atoms with Gasteiger partial charge in [0.15, 0.2) is 0 Å². The van der Waals surface area contributed by atoms with Crippen molar-refractivity contribution in [1.29, 1.82) is 5.41 Å². The van der Waals surface area contributed by atoms with E-state index >= 15 is 0 Å². The van der Waals surface area contributed by atoms with E-state index in [4.69, 9.17) is 15.9 Å². The van der Waals surface area contributed by atoms with Gasteiger partial charge in [-0.2, -0.15) is 0 Å². The van der Waals surface area contributed by atoms with E-state index in [9.17, 15) is 0 Å². The lowest BCUT2D eigenvalue weighted by atomic mass is 10.0. The van der Waals surface area contributed by atoms with E-state index in [0.717, 1.165) is 38.4 Å². The number of anilines is 2. The van der Waals surface area contributed by atoms with Crippen LogP contribution in [-0.2, 0) is 0 Å². The molecule has 0 spiro atoms. The van der Waals surface area contributed by atoms with Gasteiger partial charge in [0.25, 0.3) is 0 Å². The van der Waals surface area contributed by atoms with Gasteiger partial charge in [0.2, 0.25) is 0 Å². The van der Waals surface area contributed by atoms with Crippen LogP contribution in [0, 0.1) is 5.41 Å². The quantitative estimate of drug-likeness (QED) is 0.632. The van der Waals surface area contributed by atoms with Crippen molar-refractivity contribution in [2.75, 3.05) is 43.9 Å². The Morgan fingerprint density at radius 3 is 2.54 bits per heavy atom.